The molecule has 0 N–H and O–H groups in total. The largest absolute Gasteiger partial charge is 0.112 e. The van der Waals surface area contributed by atoms with Gasteiger partial charge in [0.25, 0.3) is 0 Å². The van der Waals surface area contributed by atoms with Crippen LogP contribution in [0.4, 0.5) is 0 Å². The molecule has 0 aliphatic rings. The first-order valence-corrected chi connectivity index (χ1v) is 4.95. The van der Waals surface area contributed by atoms with E-state index in [1.165, 1.54) is 6.60 Å². The molecule has 0 saturated heterocycles. The fourth-order valence-electron chi connectivity index (χ4n) is 0.344. The molecule has 38 valence electrons. The third kappa shape index (κ3) is 1.90. The lowest BCUT2D eigenvalue weighted by Gasteiger charge is -1.69. The van der Waals surface area contributed by atoms with Gasteiger partial charge >= 0.3 is 0 Å². The second-order valence-corrected chi connectivity index (χ2v) is 6.84. The van der Waals surface area contributed by atoms with Crippen molar-refractivity contribution in [1.29, 1.82) is 0 Å². The van der Waals surface area contributed by atoms with E-state index < -0.39 is 0 Å². The molecule has 0 amide bonds. The average molecular weight is 336 g/mol. The van der Waals surface area contributed by atoms with Gasteiger partial charge in [0.2, 0.25) is 0 Å². The Morgan fingerprint density at radius 2 is 1.57 bits per heavy atom. The molecule has 1 heterocycles. The first-order chi connectivity index (χ1) is 3.29. The Balaban J connectivity index is 3.04. The molecule has 0 unspecified atom stereocenters. The lowest BCUT2D eigenvalue weighted by Crippen LogP contribution is -1.37. The topological polar surface area (TPSA) is 0 Å². The number of rotatable bonds is 0. The standard InChI is InChI=1S/C4H3I2P/c5-3-1-2-4(6)7-3/h1-2,7H. The van der Waals surface area contributed by atoms with Gasteiger partial charge in [0.1, 0.15) is 0 Å². The summed E-state index contributed by atoms with van der Waals surface area (Å²) in [4.78, 5) is 0. The Kier molecular flexibility index (Phi) is 2.44. The molecular formula is C4H3I2P. The quantitative estimate of drug-likeness (QED) is 0.640. The van der Waals surface area contributed by atoms with Crippen LogP contribution in [-0.4, -0.2) is 0 Å². The molecule has 0 aliphatic heterocycles. The Hall–Kier alpha value is 1.24. The van der Waals surface area contributed by atoms with Crippen molar-refractivity contribution >= 4 is 53.4 Å². The van der Waals surface area contributed by atoms with Crippen LogP contribution in [0.3, 0.4) is 0 Å². The van der Waals surface area contributed by atoms with E-state index in [-0.39, 0.29) is 0 Å². The Morgan fingerprint density at radius 3 is 1.71 bits per heavy atom. The highest BCUT2D eigenvalue weighted by atomic mass is 127. The smallest absolute Gasteiger partial charge is 0.0303 e. The molecule has 0 aromatic carbocycles. The molecule has 0 fully saturated rings. The normalized spacial score (nSPS) is 9.43. The summed E-state index contributed by atoms with van der Waals surface area (Å²) in [6.07, 6.45) is 0. The van der Waals surface area contributed by atoms with Gasteiger partial charge in [-0.2, -0.15) is 0 Å². The third-order valence-electron chi connectivity index (χ3n) is 0.615. The molecule has 1 aromatic rings. The van der Waals surface area contributed by atoms with Gasteiger partial charge in [0.15, 0.2) is 0 Å². The van der Waals surface area contributed by atoms with Crippen LogP contribution >= 0.6 is 53.4 Å². The van der Waals surface area contributed by atoms with E-state index in [9.17, 15) is 0 Å². The molecular weight excluding hydrogens is 333 g/mol. The van der Waals surface area contributed by atoms with Crippen molar-refractivity contribution in [3.05, 3.63) is 18.7 Å². The minimum absolute atomic E-state index is 0.952. The van der Waals surface area contributed by atoms with Crippen LogP contribution in [0, 0.1) is 6.60 Å². The lowest BCUT2D eigenvalue weighted by molar-refractivity contribution is 1.93. The molecule has 0 aliphatic carbocycles. The fourth-order valence-corrected chi connectivity index (χ4v) is 4.56. The SMILES string of the molecule is Ic1ccc(I)[pH]1. The molecule has 0 atom stereocenters. The van der Waals surface area contributed by atoms with Gasteiger partial charge in [0.05, 0.1) is 0 Å². The van der Waals surface area contributed by atoms with E-state index in [2.05, 4.69) is 57.3 Å². The summed E-state index contributed by atoms with van der Waals surface area (Å²) in [7, 11) is 0.952. The summed E-state index contributed by atoms with van der Waals surface area (Å²) in [5, 5.41) is 0. The van der Waals surface area contributed by atoms with E-state index >= 15 is 0 Å². The van der Waals surface area contributed by atoms with Gasteiger partial charge in [-0.1, -0.05) is 0 Å². The first-order valence-electron chi connectivity index (χ1n) is 1.79. The summed E-state index contributed by atoms with van der Waals surface area (Å²) < 4.78 is 2.95. The van der Waals surface area contributed by atoms with E-state index in [1.54, 1.807) is 0 Å². The molecule has 3 heteroatoms. The van der Waals surface area contributed by atoms with Crippen LogP contribution in [0.2, 0.25) is 0 Å². The van der Waals surface area contributed by atoms with E-state index in [0.29, 0.717) is 0 Å². The predicted octanol–water partition coefficient (Wildman–Crippen LogP) is 2.93. The van der Waals surface area contributed by atoms with Crippen LogP contribution in [-0.2, 0) is 0 Å². The maximum atomic E-state index is 2.36. The van der Waals surface area contributed by atoms with Crippen LogP contribution in [0.25, 0.3) is 0 Å². The molecule has 0 nitrogen and oxygen atoms in total. The minimum atomic E-state index is 0.952. The maximum Gasteiger partial charge on any atom is 0.0303 e. The van der Waals surface area contributed by atoms with Crippen molar-refractivity contribution in [1.82, 2.24) is 0 Å². The van der Waals surface area contributed by atoms with Gasteiger partial charge in [-0.15, -0.1) is 8.19 Å². The zero-order valence-electron chi connectivity index (χ0n) is 3.41. The van der Waals surface area contributed by atoms with Crippen molar-refractivity contribution in [3.63, 3.8) is 0 Å². The summed E-state index contributed by atoms with van der Waals surface area (Å²) >= 11 is 4.73. The highest BCUT2D eigenvalue weighted by molar-refractivity contribution is 14.1. The van der Waals surface area contributed by atoms with E-state index in [1.807, 2.05) is 0 Å². The maximum absolute atomic E-state index is 2.36. The zero-order valence-corrected chi connectivity index (χ0v) is 8.73. The number of hydrogen-bond acceptors (Lipinski definition) is 0. The van der Waals surface area contributed by atoms with Gasteiger partial charge in [-0.3, -0.25) is 0 Å². The molecule has 0 bridgehead atoms. The van der Waals surface area contributed by atoms with Crippen LogP contribution in [0.15, 0.2) is 12.1 Å². The van der Waals surface area contributed by atoms with Crippen molar-refractivity contribution in [2.24, 2.45) is 0 Å². The highest BCUT2D eigenvalue weighted by Crippen LogP contribution is 2.24. The summed E-state index contributed by atoms with van der Waals surface area (Å²) in [6.45, 7) is 0. The summed E-state index contributed by atoms with van der Waals surface area (Å²) in [6, 6.07) is 4.33. The number of hydrogen-bond donors (Lipinski definition) is 0. The second-order valence-electron chi connectivity index (χ2n) is 1.15. The zero-order chi connectivity index (χ0) is 5.28. The molecule has 0 radical (unpaired) electrons. The fraction of sp³-hybridized carbons (Fsp3) is 0. The van der Waals surface area contributed by atoms with Crippen molar-refractivity contribution < 1.29 is 0 Å². The van der Waals surface area contributed by atoms with Crippen molar-refractivity contribution in [2.45, 2.75) is 0 Å². The van der Waals surface area contributed by atoms with Crippen molar-refractivity contribution in [3.8, 4) is 0 Å². The molecule has 1 rings (SSSR count). The molecule has 7 heavy (non-hydrogen) atoms. The Morgan fingerprint density at radius 1 is 1.14 bits per heavy atom. The van der Waals surface area contributed by atoms with E-state index in [4.69, 9.17) is 0 Å². The molecule has 0 saturated carbocycles. The lowest BCUT2D eigenvalue weighted by atomic mass is 10.7. The van der Waals surface area contributed by atoms with Gasteiger partial charge in [-0.25, -0.2) is 0 Å². The monoisotopic (exact) mass is 336 g/mol. The van der Waals surface area contributed by atoms with Gasteiger partial charge in [-0.05, 0) is 57.3 Å². The Bertz CT molecular complexity index is 142. The number of halogens is 2. The molecule has 1 aromatic heterocycles. The predicted molar refractivity (Wildman–Crippen MR) is 51.4 cm³/mol. The molecule has 0 spiro atoms. The second kappa shape index (κ2) is 2.69. The van der Waals surface area contributed by atoms with E-state index in [0.717, 1.165) is 8.19 Å². The van der Waals surface area contributed by atoms with Gasteiger partial charge < -0.3 is 0 Å². The summed E-state index contributed by atoms with van der Waals surface area (Å²) in [5.74, 6) is 0. The van der Waals surface area contributed by atoms with Crippen LogP contribution in [0.1, 0.15) is 0 Å². The summed E-state index contributed by atoms with van der Waals surface area (Å²) in [5.41, 5.74) is 0. The van der Waals surface area contributed by atoms with Crippen LogP contribution in [0.5, 0.6) is 0 Å². The third-order valence-corrected chi connectivity index (χ3v) is 3.76. The minimum Gasteiger partial charge on any atom is -0.112 e. The van der Waals surface area contributed by atoms with Crippen LogP contribution < -0.4 is 0 Å². The first kappa shape index (κ1) is 6.36. The van der Waals surface area contributed by atoms with Crippen molar-refractivity contribution in [2.75, 3.05) is 0 Å². The highest BCUT2D eigenvalue weighted by Gasteiger charge is 1.86. The Labute approximate surface area is 71.4 Å². The van der Waals surface area contributed by atoms with Gasteiger partial charge in [0, 0.05) is 6.60 Å². The average Bonchev–Trinajstić information content (AvgIpc) is 1.87.